The van der Waals surface area contributed by atoms with Crippen LogP contribution >= 0.6 is 12.2 Å². The van der Waals surface area contributed by atoms with E-state index in [1.807, 2.05) is 14.1 Å². The van der Waals surface area contributed by atoms with Crippen molar-refractivity contribution in [1.82, 2.24) is 4.90 Å². The van der Waals surface area contributed by atoms with E-state index in [9.17, 15) is 0 Å². The summed E-state index contributed by atoms with van der Waals surface area (Å²) >= 11 is 9.12. The van der Waals surface area contributed by atoms with Gasteiger partial charge < -0.3 is 29.7 Å². The first-order chi connectivity index (χ1) is 2.64. The van der Waals surface area contributed by atoms with Gasteiger partial charge >= 0.3 is 0 Å². The van der Waals surface area contributed by atoms with Crippen molar-refractivity contribution in [3.05, 3.63) is 0 Å². The molecule has 0 saturated heterocycles. The first-order valence-corrected chi connectivity index (χ1v) is 2.34. The van der Waals surface area contributed by atoms with E-state index in [1.54, 1.807) is 4.90 Å². The maximum absolute atomic E-state index is 4.56. The van der Waals surface area contributed by atoms with Crippen molar-refractivity contribution in [3.8, 4) is 0 Å². The summed E-state index contributed by atoms with van der Waals surface area (Å²) in [6.45, 7) is 0. The van der Waals surface area contributed by atoms with E-state index in [4.69, 9.17) is 0 Å². The second kappa shape index (κ2) is 4.95. The largest absolute Gasteiger partial charge is 0.411 e. The summed E-state index contributed by atoms with van der Waals surface area (Å²) in [5, 5.41) is 0. The van der Waals surface area contributed by atoms with Crippen LogP contribution in [-0.2, 0) is 33.7 Å². The molecule has 0 radical (unpaired) electrons. The Hall–Kier alpha value is 0.798. The van der Waals surface area contributed by atoms with E-state index in [0.717, 1.165) is 0 Å². The maximum Gasteiger partial charge on any atom is 0.00456 e. The third-order valence-corrected chi connectivity index (χ3v) is 1.10. The van der Waals surface area contributed by atoms with E-state index in [-0.39, 0.29) is 21.1 Å². The molecule has 0 aromatic carbocycles. The van der Waals surface area contributed by atoms with Crippen molar-refractivity contribution in [2.24, 2.45) is 0 Å². The molecule has 0 aromatic heterocycles. The standard InChI is InChI=1S/C3H7NS2.Mo/c1-4(2)3(5)6;/h1-2H3,(H,5,6);/p-1. The number of nitrogens with zero attached hydrogens (tertiary/aromatic N) is 1. The quantitative estimate of drug-likeness (QED) is 0.327. The van der Waals surface area contributed by atoms with Gasteiger partial charge in [0.25, 0.3) is 0 Å². The van der Waals surface area contributed by atoms with Crippen LogP contribution < -0.4 is 0 Å². The van der Waals surface area contributed by atoms with Crippen molar-refractivity contribution >= 4 is 29.2 Å². The van der Waals surface area contributed by atoms with Gasteiger partial charge in [0.2, 0.25) is 0 Å². The second-order valence-corrected chi connectivity index (χ2v) is 2.19. The molecule has 0 unspecified atom stereocenters. The molecule has 42 valence electrons. The van der Waals surface area contributed by atoms with Gasteiger partial charge in [-0.3, -0.25) is 0 Å². The van der Waals surface area contributed by atoms with E-state index in [2.05, 4.69) is 24.8 Å². The van der Waals surface area contributed by atoms with Crippen LogP contribution in [0.15, 0.2) is 0 Å². The van der Waals surface area contributed by atoms with Crippen LogP contribution in [0.4, 0.5) is 0 Å². The molecule has 0 spiro atoms. The summed E-state index contributed by atoms with van der Waals surface area (Å²) in [6, 6.07) is 0. The average Bonchev–Trinajstić information content (AvgIpc) is 1.36. The van der Waals surface area contributed by atoms with E-state index < -0.39 is 0 Å². The Balaban J connectivity index is 0. The third-order valence-electron chi connectivity index (χ3n) is 0.365. The molecule has 4 heteroatoms. The average molecular weight is 216 g/mol. The molecule has 0 bridgehead atoms. The molecule has 0 aliphatic heterocycles. The van der Waals surface area contributed by atoms with Gasteiger partial charge in [0, 0.05) is 35.2 Å². The van der Waals surface area contributed by atoms with Crippen molar-refractivity contribution in [2.75, 3.05) is 14.1 Å². The molecule has 0 rings (SSSR count). The van der Waals surface area contributed by atoms with Crippen molar-refractivity contribution < 1.29 is 21.1 Å². The summed E-state index contributed by atoms with van der Waals surface area (Å²) in [5.41, 5.74) is 0. The smallest absolute Gasteiger partial charge is 0.00456 e. The second-order valence-electron chi connectivity index (χ2n) is 1.16. The molecule has 7 heavy (non-hydrogen) atoms. The van der Waals surface area contributed by atoms with E-state index >= 15 is 0 Å². The summed E-state index contributed by atoms with van der Waals surface area (Å²) in [6.07, 6.45) is 0. The van der Waals surface area contributed by atoms with Gasteiger partial charge in [-0.15, -0.1) is 0 Å². The molecule has 1 nitrogen and oxygen atoms in total. The van der Waals surface area contributed by atoms with Gasteiger partial charge in [-0.1, -0.05) is 4.32 Å². The third kappa shape index (κ3) is 6.80. The Bertz CT molecular complexity index is 64.0. The van der Waals surface area contributed by atoms with Crippen molar-refractivity contribution in [2.45, 2.75) is 0 Å². The van der Waals surface area contributed by atoms with Crippen LogP contribution in [0.3, 0.4) is 0 Å². The summed E-state index contributed by atoms with van der Waals surface area (Å²) in [5.74, 6) is 0. The SMILES string of the molecule is CN(C)C(=S)[S-].[Mo]. The predicted octanol–water partition coefficient (Wildman–Crippen LogP) is 0.377. The topological polar surface area (TPSA) is 3.24 Å². The molecular weight excluding hydrogens is 210 g/mol. The first-order valence-electron chi connectivity index (χ1n) is 1.53. The fraction of sp³-hybridized carbons (Fsp3) is 0.667. The Labute approximate surface area is 69.1 Å². The minimum Gasteiger partial charge on any atom is -0.411 e. The van der Waals surface area contributed by atoms with Gasteiger partial charge in [-0.2, -0.15) is 0 Å². The molecule has 0 aliphatic rings. The van der Waals surface area contributed by atoms with Gasteiger partial charge in [0.05, 0.1) is 0 Å². The van der Waals surface area contributed by atoms with E-state index in [1.165, 1.54) is 0 Å². The van der Waals surface area contributed by atoms with Crippen LogP contribution in [0, 0.1) is 0 Å². The number of hydrogen-bond acceptors (Lipinski definition) is 2. The molecule has 0 aromatic rings. The van der Waals surface area contributed by atoms with Crippen LogP contribution in [0.25, 0.3) is 0 Å². The summed E-state index contributed by atoms with van der Waals surface area (Å²) in [7, 11) is 3.66. The van der Waals surface area contributed by atoms with Gasteiger partial charge in [-0.25, -0.2) is 0 Å². The minimum absolute atomic E-state index is 0. The summed E-state index contributed by atoms with van der Waals surface area (Å²) < 4.78 is 0.509. The molecule has 0 aliphatic carbocycles. The van der Waals surface area contributed by atoms with Crippen molar-refractivity contribution in [3.63, 3.8) is 0 Å². The first kappa shape index (κ1) is 10.7. The van der Waals surface area contributed by atoms with Crippen molar-refractivity contribution in [1.29, 1.82) is 0 Å². The zero-order valence-electron chi connectivity index (χ0n) is 4.17. The summed E-state index contributed by atoms with van der Waals surface area (Å²) in [4.78, 5) is 1.71. The minimum atomic E-state index is 0. The monoisotopic (exact) mass is 218 g/mol. The molecule has 0 heterocycles. The fourth-order valence-electron chi connectivity index (χ4n) is 0. The predicted molar refractivity (Wildman–Crippen MR) is 33.6 cm³/mol. The van der Waals surface area contributed by atoms with Crippen LogP contribution in [0.5, 0.6) is 0 Å². The maximum atomic E-state index is 4.56. The number of rotatable bonds is 0. The van der Waals surface area contributed by atoms with Crippen LogP contribution in [0.2, 0.25) is 0 Å². The zero-order valence-corrected chi connectivity index (χ0v) is 7.81. The number of hydrogen-bond donors (Lipinski definition) is 0. The molecule has 0 N–H and O–H groups in total. The Morgan fingerprint density at radius 2 is 1.71 bits per heavy atom. The Kier molecular flexibility index (Phi) is 7.57. The normalized spacial score (nSPS) is 6.57. The molecule has 0 amide bonds. The fourth-order valence-corrected chi connectivity index (χ4v) is 0. The van der Waals surface area contributed by atoms with Crippen LogP contribution in [0.1, 0.15) is 0 Å². The molecular formula is C3H6MoNS2-. The zero-order chi connectivity index (χ0) is 5.15. The Morgan fingerprint density at radius 3 is 1.71 bits per heavy atom. The van der Waals surface area contributed by atoms with Gasteiger partial charge in [-0.05, 0) is 0 Å². The Morgan fingerprint density at radius 1 is 1.57 bits per heavy atom. The van der Waals surface area contributed by atoms with Crippen LogP contribution in [-0.4, -0.2) is 23.3 Å². The van der Waals surface area contributed by atoms with Gasteiger partial charge in [0.1, 0.15) is 0 Å². The van der Waals surface area contributed by atoms with Gasteiger partial charge in [0.15, 0.2) is 0 Å². The number of thiocarbonyl (C=S) groups is 1. The molecule has 0 saturated carbocycles. The van der Waals surface area contributed by atoms with E-state index in [0.29, 0.717) is 4.32 Å². The molecule has 0 fully saturated rings. The molecule has 0 atom stereocenters.